The molecule has 174 valence electrons. The Balaban J connectivity index is 1.63. The second kappa shape index (κ2) is 11.5. The first-order chi connectivity index (χ1) is 16.3. The number of hydrogen-bond acceptors (Lipinski definition) is 6. The maximum atomic E-state index is 12.4. The lowest BCUT2D eigenvalue weighted by Crippen LogP contribution is -2.32. The Kier molecular flexibility index (Phi) is 8.48. The average molecular weight is 521 g/mol. The fourth-order valence-corrected chi connectivity index (χ4v) is 3.19. The first-order valence-corrected chi connectivity index (χ1v) is 10.7. The number of ether oxygens (including phenoxy) is 2. The molecule has 0 spiro atoms. The molecule has 0 fully saturated rings. The molecule has 2 N–H and O–H groups in total. The summed E-state index contributed by atoms with van der Waals surface area (Å²) in [5, 5.41) is 6.68. The average Bonchev–Trinajstić information content (AvgIpc) is 2.82. The summed E-state index contributed by atoms with van der Waals surface area (Å²) in [5.74, 6) is -2.26. The molecule has 34 heavy (non-hydrogen) atoms. The first-order valence-electron chi connectivity index (χ1n) is 9.53. The summed E-state index contributed by atoms with van der Waals surface area (Å²) in [6.07, 6.45) is 1.28. The van der Waals surface area contributed by atoms with Gasteiger partial charge in [-0.2, -0.15) is 5.10 Å². The summed E-state index contributed by atoms with van der Waals surface area (Å²) < 4.78 is 10.6. The third kappa shape index (κ3) is 6.26. The predicted octanol–water partition coefficient (Wildman–Crippen LogP) is 4.96. The van der Waals surface area contributed by atoms with E-state index >= 15 is 0 Å². The van der Waals surface area contributed by atoms with Gasteiger partial charge in [-0.1, -0.05) is 53.0 Å². The van der Waals surface area contributed by atoms with Gasteiger partial charge in [0, 0.05) is 0 Å². The molecule has 0 aromatic heterocycles. The summed E-state index contributed by atoms with van der Waals surface area (Å²) in [7, 11) is 1.40. The van der Waals surface area contributed by atoms with Gasteiger partial charge in [0.05, 0.1) is 39.6 Å². The molecular weight excluding hydrogens is 505 g/mol. The number of nitrogens with one attached hydrogen (secondary N) is 2. The smallest absolute Gasteiger partial charge is 0.345 e. The molecule has 3 aromatic rings. The van der Waals surface area contributed by atoms with Crippen molar-refractivity contribution in [1.29, 1.82) is 0 Å². The van der Waals surface area contributed by atoms with E-state index in [1.165, 1.54) is 37.6 Å². The Morgan fingerprint density at radius 1 is 0.882 bits per heavy atom. The number of hydrogen-bond donors (Lipinski definition) is 2. The van der Waals surface area contributed by atoms with Crippen LogP contribution in [0.5, 0.6) is 11.5 Å². The number of carbonyl (C=O) groups is 3. The molecule has 0 radical (unpaired) electrons. The van der Waals surface area contributed by atoms with Crippen LogP contribution in [0.2, 0.25) is 15.1 Å². The summed E-state index contributed by atoms with van der Waals surface area (Å²) >= 11 is 17.9. The maximum Gasteiger partial charge on any atom is 0.345 e. The number of halogens is 3. The molecule has 0 saturated carbocycles. The second-order valence-corrected chi connectivity index (χ2v) is 7.73. The highest BCUT2D eigenvalue weighted by Gasteiger charge is 2.17. The van der Waals surface area contributed by atoms with Gasteiger partial charge in [-0.15, -0.1) is 0 Å². The van der Waals surface area contributed by atoms with Crippen LogP contribution in [0, 0.1) is 0 Å². The lowest BCUT2D eigenvalue weighted by Gasteiger charge is -2.10. The van der Waals surface area contributed by atoms with Crippen molar-refractivity contribution >= 4 is 64.5 Å². The van der Waals surface area contributed by atoms with Gasteiger partial charge in [0.2, 0.25) is 0 Å². The molecule has 0 saturated heterocycles. The lowest BCUT2D eigenvalue weighted by atomic mass is 10.2. The van der Waals surface area contributed by atoms with Gasteiger partial charge in [0.15, 0.2) is 11.5 Å². The van der Waals surface area contributed by atoms with Gasteiger partial charge in [-0.3, -0.25) is 9.59 Å². The Morgan fingerprint density at radius 2 is 1.62 bits per heavy atom. The number of methoxy groups -OCH3 is 1. The molecular formula is C23H16Cl3N3O5. The van der Waals surface area contributed by atoms with Crippen molar-refractivity contribution < 1.29 is 23.9 Å². The Labute approximate surface area is 209 Å². The van der Waals surface area contributed by atoms with Crippen LogP contribution in [0.3, 0.4) is 0 Å². The van der Waals surface area contributed by atoms with Gasteiger partial charge >= 0.3 is 17.8 Å². The SMILES string of the molecule is COc1cc(C=NNC(=O)C(=O)Nc2cccc(Cl)c2Cl)ccc1OC(=O)c1ccccc1Cl. The topological polar surface area (TPSA) is 106 Å². The van der Waals surface area contributed by atoms with Crippen LogP contribution in [-0.4, -0.2) is 31.1 Å². The number of carbonyl (C=O) groups excluding carboxylic acids is 3. The normalized spacial score (nSPS) is 10.6. The molecule has 3 rings (SSSR count). The van der Waals surface area contributed by atoms with Crippen LogP contribution >= 0.6 is 34.8 Å². The summed E-state index contributed by atoms with van der Waals surface area (Å²) in [6.45, 7) is 0. The molecule has 3 aromatic carbocycles. The molecule has 11 heteroatoms. The fraction of sp³-hybridized carbons (Fsp3) is 0.0435. The third-order valence-electron chi connectivity index (χ3n) is 4.27. The van der Waals surface area contributed by atoms with Crippen molar-refractivity contribution in [1.82, 2.24) is 5.43 Å². The molecule has 0 heterocycles. The molecule has 0 aliphatic carbocycles. The van der Waals surface area contributed by atoms with Crippen LogP contribution in [0.25, 0.3) is 0 Å². The molecule has 0 atom stereocenters. The number of hydrazone groups is 1. The van der Waals surface area contributed by atoms with E-state index in [9.17, 15) is 14.4 Å². The molecule has 8 nitrogen and oxygen atoms in total. The van der Waals surface area contributed by atoms with Gasteiger partial charge in [0.1, 0.15) is 0 Å². The summed E-state index contributed by atoms with van der Waals surface area (Å²) in [6, 6.07) is 15.7. The fourth-order valence-electron chi connectivity index (χ4n) is 2.63. The van der Waals surface area contributed by atoms with E-state index in [0.29, 0.717) is 5.56 Å². The minimum absolute atomic E-state index is 0.108. The van der Waals surface area contributed by atoms with E-state index in [0.717, 1.165) is 0 Å². The van der Waals surface area contributed by atoms with Crippen LogP contribution in [0.4, 0.5) is 5.69 Å². The Bertz CT molecular complexity index is 1280. The third-order valence-corrected chi connectivity index (χ3v) is 5.42. The van der Waals surface area contributed by atoms with Gasteiger partial charge in [-0.05, 0) is 48.0 Å². The van der Waals surface area contributed by atoms with E-state index in [2.05, 4.69) is 15.8 Å². The van der Waals surface area contributed by atoms with Crippen LogP contribution in [0.15, 0.2) is 65.8 Å². The molecule has 0 unspecified atom stereocenters. The number of esters is 1. The van der Waals surface area contributed by atoms with Crippen LogP contribution in [-0.2, 0) is 9.59 Å². The minimum atomic E-state index is -1.02. The van der Waals surface area contributed by atoms with Gasteiger partial charge < -0.3 is 14.8 Å². The minimum Gasteiger partial charge on any atom is -0.493 e. The highest BCUT2D eigenvalue weighted by atomic mass is 35.5. The maximum absolute atomic E-state index is 12.4. The van der Waals surface area contributed by atoms with Crippen molar-refractivity contribution in [3.8, 4) is 11.5 Å². The van der Waals surface area contributed by atoms with Gasteiger partial charge in [0.25, 0.3) is 0 Å². The van der Waals surface area contributed by atoms with E-state index < -0.39 is 17.8 Å². The zero-order valence-corrected chi connectivity index (χ0v) is 19.7. The first kappa shape index (κ1) is 25.0. The van der Waals surface area contributed by atoms with Crippen molar-refractivity contribution in [2.24, 2.45) is 5.10 Å². The van der Waals surface area contributed by atoms with Crippen LogP contribution in [0.1, 0.15) is 15.9 Å². The number of anilines is 1. The highest BCUT2D eigenvalue weighted by molar-refractivity contribution is 6.45. The standard InChI is InChI=1S/C23H16Cl3N3O5/c1-33-19-11-13(9-10-18(19)34-23(32)14-5-2-3-6-15(14)24)12-27-29-22(31)21(30)28-17-8-4-7-16(25)20(17)26/h2-12H,1H3,(H,28,30)(H,29,31). The quantitative estimate of drug-likeness (QED) is 0.157. The van der Waals surface area contributed by atoms with E-state index in [-0.39, 0.29) is 37.8 Å². The van der Waals surface area contributed by atoms with E-state index in [1.54, 1.807) is 36.4 Å². The number of amides is 2. The van der Waals surface area contributed by atoms with Crippen LogP contribution < -0.4 is 20.2 Å². The van der Waals surface area contributed by atoms with Crippen molar-refractivity contribution in [3.05, 3.63) is 86.9 Å². The number of nitrogens with zero attached hydrogens (tertiary/aromatic N) is 1. The molecule has 2 amide bonds. The molecule has 0 aliphatic rings. The number of benzene rings is 3. The largest absolute Gasteiger partial charge is 0.493 e. The van der Waals surface area contributed by atoms with Gasteiger partial charge in [-0.25, -0.2) is 10.2 Å². The van der Waals surface area contributed by atoms with Crippen molar-refractivity contribution in [3.63, 3.8) is 0 Å². The summed E-state index contributed by atoms with van der Waals surface area (Å²) in [4.78, 5) is 36.4. The van der Waals surface area contributed by atoms with Crippen molar-refractivity contribution in [2.45, 2.75) is 0 Å². The number of rotatable bonds is 6. The Hall–Kier alpha value is -3.59. The highest BCUT2D eigenvalue weighted by Crippen LogP contribution is 2.30. The summed E-state index contributed by atoms with van der Waals surface area (Å²) in [5.41, 5.74) is 2.98. The van der Waals surface area contributed by atoms with E-state index in [1.807, 2.05) is 0 Å². The van der Waals surface area contributed by atoms with Crippen molar-refractivity contribution in [2.75, 3.05) is 12.4 Å². The van der Waals surface area contributed by atoms with E-state index in [4.69, 9.17) is 44.3 Å². The monoisotopic (exact) mass is 519 g/mol. The zero-order valence-electron chi connectivity index (χ0n) is 17.5. The second-order valence-electron chi connectivity index (χ2n) is 6.53. The molecule has 0 bridgehead atoms. The lowest BCUT2D eigenvalue weighted by molar-refractivity contribution is -0.136. The molecule has 0 aliphatic heterocycles. The zero-order chi connectivity index (χ0) is 24.7. The predicted molar refractivity (Wildman–Crippen MR) is 130 cm³/mol. The Morgan fingerprint density at radius 3 is 2.35 bits per heavy atom.